The predicted molar refractivity (Wildman–Crippen MR) is 80.3 cm³/mol. The molecule has 0 atom stereocenters. The molecule has 0 fully saturated rings. The Morgan fingerprint density at radius 3 is 2.32 bits per heavy atom. The maximum absolute atomic E-state index is 6.12. The summed E-state index contributed by atoms with van der Waals surface area (Å²) >= 11 is 12.1. The number of benzene rings is 2. The SMILES string of the molecule is Cc1cc(Cl)cc(C)c1Oc1cccc(Cl)c1CN. The monoisotopic (exact) mass is 295 g/mol. The topological polar surface area (TPSA) is 35.2 Å². The van der Waals surface area contributed by atoms with Crippen molar-refractivity contribution in [1.82, 2.24) is 0 Å². The summed E-state index contributed by atoms with van der Waals surface area (Å²) in [5.41, 5.74) is 8.48. The van der Waals surface area contributed by atoms with Crippen molar-refractivity contribution in [2.45, 2.75) is 20.4 Å². The Bertz CT molecular complexity index is 588. The van der Waals surface area contributed by atoms with Gasteiger partial charge in [0.15, 0.2) is 0 Å². The largest absolute Gasteiger partial charge is 0.456 e. The molecule has 0 saturated carbocycles. The van der Waals surface area contributed by atoms with Gasteiger partial charge in [-0.05, 0) is 49.2 Å². The summed E-state index contributed by atoms with van der Waals surface area (Å²) < 4.78 is 5.97. The first kappa shape index (κ1) is 14.2. The average Bonchev–Trinajstić information content (AvgIpc) is 2.34. The van der Waals surface area contributed by atoms with Gasteiger partial charge in [-0.25, -0.2) is 0 Å². The van der Waals surface area contributed by atoms with Crippen molar-refractivity contribution < 1.29 is 4.74 Å². The second kappa shape index (κ2) is 5.83. The Morgan fingerprint density at radius 1 is 1.11 bits per heavy atom. The van der Waals surface area contributed by atoms with Gasteiger partial charge in [-0.3, -0.25) is 0 Å². The lowest BCUT2D eigenvalue weighted by Crippen LogP contribution is -2.01. The quantitative estimate of drug-likeness (QED) is 0.877. The molecular weight excluding hydrogens is 281 g/mol. The van der Waals surface area contributed by atoms with Crippen LogP contribution in [0.25, 0.3) is 0 Å². The smallest absolute Gasteiger partial charge is 0.133 e. The summed E-state index contributed by atoms with van der Waals surface area (Å²) in [7, 11) is 0. The minimum absolute atomic E-state index is 0.334. The molecule has 0 aromatic heterocycles. The summed E-state index contributed by atoms with van der Waals surface area (Å²) in [5.74, 6) is 1.48. The zero-order valence-electron chi connectivity index (χ0n) is 10.8. The third-order valence-electron chi connectivity index (χ3n) is 2.92. The molecule has 0 aliphatic heterocycles. The first-order valence-corrected chi connectivity index (χ1v) is 6.70. The summed E-state index contributed by atoms with van der Waals surface area (Å²) in [6, 6.07) is 9.25. The maximum Gasteiger partial charge on any atom is 0.133 e. The lowest BCUT2D eigenvalue weighted by atomic mass is 10.1. The molecule has 0 bridgehead atoms. The second-order valence-electron chi connectivity index (χ2n) is 4.39. The van der Waals surface area contributed by atoms with Gasteiger partial charge in [0.05, 0.1) is 0 Å². The highest BCUT2D eigenvalue weighted by Crippen LogP contribution is 2.34. The van der Waals surface area contributed by atoms with Crippen molar-refractivity contribution in [3.8, 4) is 11.5 Å². The molecule has 0 heterocycles. The number of hydrogen-bond donors (Lipinski definition) is 1. The zero-order valence-corrected chi connectivity index (χ0v) is 12.3. The van der Waals surface area contributed by atoms with Crippen LogP contribution in [-0.4, -0.2) is 0 Å². The molecule has 0 aliphatic rings. The van der Waals surface area contributed by atoms with E-state index in [0.29, 0.717) is 22.3 Å². The minimum Gasteiger partial charge on any atom is -0.456 e. The number of ether oxygens (including phenoxy) is 1. The van der Waals surface area contributed by atoms with Gasteiger partial charge in [-0.15, -0.1) is 0 Å². The number of halogens is 2. The highest BCUT2D eigenvalue weighted by molar-refractivity contribution is 6.31. The Morgan fingerprint density at radius 2 is 1.74 bits per heavy atom. The van der Waals surface area contributed by atoms with E-state index in [1.54, 1.807) is 6.07 Å². The minimum atomic E-state index is 0.334. The Balaban J connectivity index is 2.45. The first-order valence-electron chi connectivity index (χ1n) is 5.95. The van der Waals surface area contributed by atoms with Crippen LogP contribution in [-0.2, 0) is 6.54 Å². The van der Waals surface area contributed by atoms with Gasteiger partial charge in [0, 0.05) is 22.2 Å². The molecule has 0 aliphatic carbocycles. The normalized spacial score (nSPS) is 10.6. The highest BCUT2D eigenvalue weighted by Gasteiger charge is 2.11. The molecule has 100 valence electrons. The van der Waals surface area contributed by atoms with Crippen LogP contribution < -0.4 is 10.5 Å². The van der Waals surface area contributed by atoms with Gasteiger partial charge in [0.25, 0.3) is 0 Å². The number of hydrogen-bond acceptors (Lipinski definition) is 2. The Labute approximate surface area is 123 Å². The lowest BCUT2D eigenvalue weighted by molar-refractivity contribution is 0.469. The van der Waals surface area contributed by atoms with Gasteiger partial charge >= 0.3 is 0 Å². The third-order valence-corrected chi connectivity index (χ3v) is 3.49. The van der Waals surface area contributed by atoms with E-state index in [4.69, 9.17) is 33.7 Å². The van der Waals surface area contributed by atoms with E-state index in [2.05, 4.69) is 0 Å². The maximum atomic E-state index is 6.12. The van der Waals surface area contributed by atoms with E-state index >= 15 is 0 Å². The van der Waals surface area contributed by atoms with Gasteiger partial charge in [0.2, 0.25) is 0 Å². The van der Waals surface area contributed by atoms with Crippen LogP contribution in [0.5, 0.6) is 11.5 Å². The number of rotatable bonds is 3. The Hall–Kier alpha value is -1.22. The van der Waals surface area contributed by atoms with Crippen LogP contribution in [0.15, 0.2) is 30.3 Å². The van der Waals surface area contributed by atoms with Crippen LogP contribution in [0, 0.1) is 13.8 Å². The molecule has 0 amide bonds. The van der Waals surface area contributed by atoms with Crippen molar-refractivity contribution >= 4 is 23.2 Å². The molecule has 2 nitrogen and oxygen atoms in total. The second-order valence-corrected chi connectivity index (χ2v) is 5.24. The summed E-state index contributed by atoms with van der Waals surface area (Å²) in [6.45, 7) is 4.25. The van der Waals surface area contributed by atoms with Gasteiger partial charge < -0.3 is 10.5 Å². The first-order chi connectivity index (χ1) is 9.02. The van der Waals surface area contributed by atoms with Crippen molar-refractivity contribution in [3.05, 3.63) is 57.1 Å². The van der Waals surface area contributed by atoms with Crippen molar-refractivity contribution in [2.24, 2.45) is 5.73 Å². The lowest BCUT2D eigenvalue weighted by Gasteiger charge is -2.15. The van der Waals surface area contributed by atoms with E-state index in [1.807, 2.05) is 38.1 Å². The van der Waals surface area contributed by atoms with Gasteiger partial charge in [0.1, 0.15) is 11.5 Å². The van der Waals surface area contributed by atoms with Gasteiger partial charge in [-0.2, -0.15) is 0 Å². The van der Waals surface area contributed by atoms with E-state index in [1.165, 1.54) is 0 Å². The fraction of sp³-hybridized carbons (Fsp3) is 0.200. The average molecular weight is 296 g/mol. The molecule has 2 N–H and O–H groups in total. The molecule has 2 aromatic rings. The molecule has 0 spiro atoms. The summed E-state index contributed by atoms with van der Waals surface area (Å²) in [5, 5.41) is 1.32. The summed E-state index contributed by atoms with van der Waals surface area (Å²) in [6.07, 6.45) is 0. The predicted octanol–water partition coefficient (Wildman–Crippen LogP) is 4.86. The van der Waals surface area contributed by atoms with Crippen LogP contribution in [0.3, 0.4) is 0 Å². The molecule has 0 unspecified atom stereocenters. The molecule has 0 radical (unpaired) electrons. The van der Waals surface area contributed by atoms with Crippen molar-refractivity contribution in [1.29, 1.82) is 0 Å². The van der Waals surface area contributed by atoms with Crippen LogP contribution in [0.1, 0.15) is 16.7 Å². The van der Waals surface area contributed by atoms with Crippen molar-refractivity contribution in [2.75, 3.05) is 0 Å². The fourth-order valence-corrected chi connectivity index (χ4v) is 2.57. The summed E-state index contributed by atoms with van der Waals surface area (Å²) in [4.78, 5) is 0. The molecular formula is C15H15Cl2NO. The number of aryl methyl sites for hydroxylation is 2. The molecule has 19 heavy (non-hydrogen) atoms. The van der Waals surface area contributed by atoms with E-state index in [9.17, 15) is 0 Å². The molecule has 4 heteroatoms. The standard InChI is InChI=1S/C15H15Cl2NO/c1-9-6-11(16)7-10(2)15(9)19-14-5-3-4-13(17)12(14)8-18/h3-7H,8,18H2,1-2H3. The van der Waals surface area contributed by atoms with Crippen LogP contribution in [0.2, 0.25) is 10.0 Å². The number of nitrogens with two attached hydrogens (primary N) is 1. The molecule has 2 rings (SSSR count). The zero-order chi connectivity index (χ0) is 14.0. The molecule has 2 aromatic carbocycles. The van der Waals surface area contributed by atoms with Crippen LogP contribution >= 0.6 is 23.2 Å². The molecule has 0 saturated heterocycles. The highest BCUT2D eigenvalue weighted by atomic mass is 35.5. The fourth-order valence-electron chi connectivity index (χ4n) is 2.00. The van der Waals surface area contributed by atoms with Crippen molar-refractivity contribution in [3.63, 3.8) is 0 Å². The third kappa shape index (κ3) is 3.03. The van der Waals surface area contributed by atoms with E-state index < -0.39 is 0 Å². The Kier molecular flexibility index (Phi) is 4.35. The van der Waals surface area contributed by atoms with E-state index in [0.717, 1.165) is 22.4 Å². The van der Waals surface area contributed by atoms with Gasteiger partial charge in [-0.1, -0.05) is 29.3 Å². The van der Waals surface area contributed by atoms with E-state index in [-0.39, 0.29) is 0 Å². The van der Waals surface area contributed by atoms with Crippen LogP contribution in [0.4, 0.5) is 0 Å².